The van der Waals surface area contributed by atoms with E-state index in [1.807, 2.05) is 30.3 Å². The van der Waals surface area contributed by atoms with Gasteiger partial charge in [-0.25, -0.2) is 13.1 Å². The first-order valence-corrected chi connectivity index (χ1v) is 10.8. The Bertz CT molecular complexity index is 895. The van der Waals surface area contributed by atoms with E-state index in [-0.39, 0.29) is 0 Å². The molecular formula is C18H17NO2S3. The molecule has 2 aromatic heterocycles. The SMILES string of the molecule is O=S(=O)(/C=C/c1ccccc1)NCCc1ccc(-c2ccsc2)s1. The maximum absolute atomic E-state index is 12.0. The fraction of sp³-hybridized carbons (Fsp3) is 0.111. The van der Waals surface area contributed by atoms with Gasteiger partial charge in [0.1, 0.15) is 0 Å². The minimum Gasteiger partial charge on any atom is -0.211 e. The molecule has 0 saturated heterocycles. The van der Waals surface area contributed by atoms with Crippen LogP contribution in [0.4, 0.5) is 0 Å². The van der Waals surface area contributed by atoms with Crippen LogP contribution in [0.3, 0.4) is 0 Å². The molecule has 0 spiro atoms. The van der Waals surface area contributed by atoms with Crippen molar-refractivity contribution in [1.82, 2.24) is 4.72 Å². The highest BCUT2D eigenvalue weighted by Crippen LogP contribution is 2.29. The van der Waals surface area contributed by atoms with Gasteiger partial charge in [-0.2, -0.15) is 11.3 Å². The summed E-state index contributed by atoms with van der Waals surface area (Å²) < 4.78 is 26.6. The summed E-state index contributed by atoms with van der Waals surface area (Å²) in [4.78, 5) is 2.39. The second kappa shape index (κ2) is 7.90. The summed E-state index contributed by atoms with van der Waals surface area (Å²) in [5.74, 6) is 0. The molecule has 0 unspecified atom stereocenters. The Morgan fingerprint density at radius 3 is 2.62 bits per heavy atom. The molecule has 3 aromatic rings. The predicted octanol–water partition coefficient (Wildman–Crippen LogP) is 4.61. The quantitative estimate of drug-likeness (QED) is 0.655. The van der Waals surface area contributed by atoms with E-state index in [0.29, 0.717) is 13.0 Å². The van der Waals surface area contributed by atoms with E-state index in [1.54, 1.807) is 28.7 Å². The van der Waals surface area contributed by atoms with Crippen molar-refractivity contribution in [2.75, 3.05) is 6.54 Å². The van der Waals surface area contributed by atoms with Crippen LogP contribution < -0.4 is 4.72 Å². The molecule has 3 rings (SSSR count). The van der Waals surface area contributed by atoms with Gasteiger partial charge < -0.3 is 0 Å². The lowest BCUT2D eigenvalue weighted by molar-refractivity contribution is 0.591. The van der Waals surface area contributed by atoms with Crippen LogP contribution in [-0.4, -0.2) is 15.0 Å². The lowest BCUT2D eigenvalue weighted by atomic mass is 10.2. The van der Waals surface area contributed by atoms with Crippen molar-refractivity contribution in [2.45, 2.75) is 6.42 Å². The second-order valence-corrected chi connectivity index (χ2v) is 8.78. The predicted molar refractivity (Wildman–Crippen MR) is 104 cm³/mol. The van der Waals surface area contributed by atoms with E-state index in [4.69, 9.17) is 0 Å². The number of sulfonamides is 1. The van der Waals surface area contributed by atoms with Crippen LogP contribution in [-0.2, 0) is 16.4 Å². The summed E-state index contributed by atoms with van der Waals surface area (Å²) >= 11 is 3.38. The maximum atomic E-state index is 12.0. The van der Waals surface area contributed by atoms with Gasteiger partial charge in [-0.05, 0) is 47.0 Å². The number of benzene rings is 1. The van der Waals surface area contributed by atoms with Crippen molar-refractivity contribution in [3.8, 4) is 10.4 Å². The highest BCUT2D eigenvalue weighted by atomic mass is 32.2. The molecule has 0 atom stereocenters. The molecule has 0 bridgehead atoms. The van der Waals surface area contributed by atoms with Gasteiger partial charge in [0.2, 0.25) is 10.0 Å². The highest BCUT2D eigenvalue weighted by molar-refractivity contribution is 7.92. The van der Waals surface area contributed by atoms with Gasteiger partial charge in [-0.15, -0.1) is 11.3 Å². The molecule has 0 saturated carbocycles. The molecule has 0 radical (unpaired) electrons. The van der Waals surface area contributed by atoms with Gasteiger partial charge in [0, 0.05) is 27.3 Å². The number of rotatable bonds is 7. The minimum atomic E-state index is -3.41. The maximum Gasteiger partial charge on any atom is 0.233 e. The third kappa shape index (κ3) is 4.88. The van der Waals surface area contributed by atoms with Crippen molar-refractivity contribution in [2.24, 2.45) is 0 Å². The number of nitrogens with one attached hydrogen (secondary N) is 1. The van der Waals surface area contributed by atoms with Crippen LogP contribution >= 0.6 is 22.7 Å². The van der Waals surface area contributed by atoms with Crippen molar-refractivity contribution >= 4 is 38.8 Å². The Morgan fingerprint density at radius 2 is 1.88 bits per heavy atom. The third-order valence-electron chi connectivity index (χ3n) is 3.38. The van der Waals surface area contributed by atoms with Crippen LogP contribution in [0.5, 0.6) is 0 Å². The zero-order chi connectivity index (χ0) is 16.8. The smallest absolute Gasteiger partial charge is 0.211 e. The van der Waals surface area contributed by atoms with Gasteiger partial charge in [-0.3, -0.25) is 0 Å². The van der Waals surface area contributed by atoms with E-state index in [1.165, 1.54) is 20.7 Å². The molecule has 0 aliphatic carbocycles. The summed E-state index contributed by atoms with van der Waals surface area (Å²) in [6.45, 7) is 0.394. The Kier molecular flexibility index (Phi) is 5.63. The summed E-state index contributed by atoms with van der Waals surface area (Å²) in [7, 11) is -3.41. The molecular weight excluding hydrogens is 358 g/mol. The van der Waals surface area contributed by atoms with Crippen molar-refractivity contribution in [3.05, 3.63) is 75.1 Å². The minimum absolute atomic E-state index is 0.394. The van der Waals surface area contributed by atoms with E-state index in [2.05, 4.69) is 33.7 Å². The van der Waals surface area contributed by atoms with Crippen molar-refractivity contribution in [3.63, 3.8) is 0 Å². The highest BCUT2D eigenvalue weighted by Gasteiger charge is 2.07. The van der Waals surface area contributed by atoms with Crippen molar-refractivity contribution < 1.29 is 8.42 Å². The molecule has 24 heavy (non-hydrogen) atoms. The molecule has 0 aliphatic heterocycles. The van der Waals surface area contributed by atoms with Crippen LogP contribution in [0, 0.1) is 0 Å². The summed E-state index contributed by atoms with van der Waals surface area (Å²) in [6.07, 6.45) is 2.29. The standard InChI is InChI=1S/C18H17NO2S3/c20-24(21,13-10-15-4-2-1-3-5-15)19-11-8-17-6-7-18(23-17)16-9-12-22-14-16/h1-7,9-10,12-14,19H,8,11H2/b13-10+. The zero-order valence-electron chi connectivity index (χ0n) is 12.9. The fourth-order valence-electron chi connectivity index (χ4n) is 2.17. The molecule has 1 N–H and O–H groups in total. The molecule has 2 heterocycles. The second-order valence-electron chi connectivity index (χ2n) is 5.18. The van der Waals surface area contributed by atoms with E-state index in [0.717, 1.165) is 5.56 Å². The average Bonchev–Trinajstić information content (AvgIpc) is 3.25. The Balaban J connectivity index is 1.53. The molecule has 0 fully saturated rings. The van der Waals surface area contributed by atoms with Gasteiger partial charge in [0.05, 0.1) is 0 Å². The topological polar surface area (TPSA) is 46.2 Å². The lowest BCUT2D eigenvalue weighted by Gasteiger charge is -2.01. The zero-order valence-corrected chi connectivity index (χ0v) is 15.3. The summed E-state index contributed by atoms with van der Waals surface area (Å²) in [5, 5.41) is 5.39. The first-order valence-electron chi connectivity index (χ1n) is 7.46. The normalized spacial score (nSPS) is 12.0. The molecule has 0 amide bonds. The first kappa shape index (κ1) is 17.1. The van der Waals surface area contributed by atoms with Crippen LogP contribution in [0.25, 0.3) is 16.5 Å². The molecule has 6 heteroatoms. The largest absolute Gasteiger partial charge is 0.233 e. The Morgan fingerprint density at radius 1 is 1.04 bits per heavy atom. The van der Waals surface area contributed by atoms with E-state index < -0.39 is 10.0 Å². The average molecular weight is 376 g/mol. The fourth-order valence-corrected chi connectivity index (χ4v) is 4.72. The Hall–Kier alpha value is -1.73. The summed E-state index contributed by atoms with van der Waals surface area (Å²) in [5.41, 5.74) is 2.09. The number of hydrogen-bond acceptors (Lipinski definition) is 4. The molecule has 0 aliphatic rings. The van der Waals surface area contributed by atoms with E-state index >= 15 is 0 Å². The lowest BCUT2D eigenvalue weighted by Crippen LogP contribution is -2.23. The number of hydrogen-bond donors (Lipinski definition) is 1. The van der Waals surface area contributed by atoms with Crippen LogP contribution in [0.15, 0.2) is 64.7 Å². The third-order valence-corrected chi connectivity index (χ3v) is 6.36. The molecule has 1 aromatic carbocycles. The van der Waals surface area contributed by atoms with Gasteiger partial charge in [-0.1, -0.05) is 30.3 Å². The van der Waals surface area contributed by atoms with Crippen LogP contribution in [0.2, 0.25) is 0 Å². The van der Waals surface area contributed by atoms with Gasteiger partial charge >= 0.3 is 0 Å². The molecule has 124 valence electrons. The molecule has 3 nitrogen and oxygen atoms in total. The first-order chi connectivity index (χ1) is 11.6. The van der Waals surface area contributed by atoms with Gasteiger partial charge in [0.25, 0.3) is 0 Å². The van der Waals surface area contributed by atoms with E-state index in [9.17, 15) is 8.42 Å². The van der Waals surface area contributed by atoms with Crippen molar-refractivity contribution in [1.29, 1.82) is 0 Å². The number of thiophene rings is 2. The Labute approximate surface area is 150 Å². The van der Waals surface area contributed by atoms with Crippen LogP contribution in [0.1, 0.15) is 10.4 Å². The van der Waals surface area contributed by atoms with Gasteiger partial charge in [0.15, 0.2) is 0 Å². The summed E-state index contributed by atoms with van der Waals surface area (Å²) in [6, 6.07) is 15.6. The monoisotopic (exact) mass is 375 g/mol.